The Kier molecular flexibility index (Phi) is 8.02. The van der Waals surface area contributed by atoms with Gasteiger partial charge in [0.15, 0.2) is 29.7 Å². The average molecular weight is 690 g/mol. The highest BCUT2D eigenvalue weighted by atomic mass is 127. The molecule has 3 aliphatic rings. The molecule has 0 aromatic heterocycles. The van der Waals surface area contributed by atoms with Crippen molar-refractivity contribution in [2.24, 2.45) is 10.8 Å². The summed E-state index contributed by atoms with van der Waals surface area (Å²) in [5, 5.41) is 3.17. The summed E-state index contributed by atoms with van der Waals surface area (Å²) in [5.74, 6) is 1.18. The Morgan fingerprint density at radius 2 is 1.59 bits per heavy atom. The highest BCUT2D eigenvalue weighted by molar-refractivity contribution is 14.1. The lowest BCUT2D eigenvalue weighted by atomic mass is 9.65. The van der Waals surface area contributed by atoms with E-state index in [1.807, 2.05) is 6.07 Å². The Bertz CT molecular complexity index is 1470. The fourth-order valence-corrected chi connectivity index (χ4v) is 6.91. The lowest BCUT2D eigenvalue weighted by molar-refractivity contribution is -0.120. The van der Waals surface area contributed by atoms with E-state index in [1.54, 1.807) is 30.3 Å². The van der Waals surface area contributed by atoms with Crippen LogP contribution in [0.3, 0.4) is 0 Å². The maximum atomic E-state index is 13.6. The van der Waals surface area contributed by atoms with Crippen LogP contribution in [-0.4, -0.2) is 31.2 Å². The van der Waals surface area contributed by atoms with Gasteiger partial charge in [0.05, 0.1) is 21.4 Å². The summed E-state index contributed by atoms with van der Waals surface area (Å²) in [4.78, 5) is 39.8. The van der Waals surface area contributed by atoms with Crippen LogP contribution in [0.25, 0.3) is 0 Å². The minimum atomic E-state index is -0.555. The normalized spacial score (nSPS) is 19.8. The molecule has 5 rings (SSSR count). The lowest BCUT2D eigenvalue weighted by Gasteiger charge is -2.42. The minimum Gasteiger partial charge on any atom is -0.493 e. The van der Waals surface area contributed by atoms with Gasteiger partial charge in [0.2, 0.25) is 0 Å². The quantitative estimate of drug-likeness (QED) is 0.319. The van der Waals surface area contributed by atoms with E-state index in [0.29, 0.717) is 74.1 Å². The first-order valence-electron chi connectivity index (χ1n) is 13.5. The van der Waals surface area contributed by atoms with Gasteiger partial charge in [0, 0.05) is 42.7 Å². The van der Waals surface area contributed by atoms with Gasteiger partial charge in [-0.1, -0.05) is 51.4 Å². The van der Waals surface area contributed by atoms with Crippen LogP contribution in [0.1, 0.15) is 64.9 Å². The average Bonchev–Trinajstić information content (AvgIpc) is 2.86. The number of hydrogen-bond acceptors (Lipinski definition) is 6. The zero-order chi connectivity index (χ0) is 29.7. The molecule has 1 aliphatic heterocycles. The zero-order valence-corrected chi connectivity index (χ0v) is 26.7. The van der Waals surface area contributed by atoms with Crippen molar-refractivity contribution in [1.82, 2.24) is 0 Å². The zero-order valence-electron chi connectivity index (χ0n) is 23.8. The number of benzene rings is 2. The fraction of sp³-hybridized carbons (Fsp3) is 0.406. The van der Waals surface area contributed by atoms with Crippen LogP contribution < -0.4 is 14.8 Å². The summed E-state index contributed by atoms with van der Waals surface area (Å²) >= 11 is 8.29. The Morgan fingerprint density at radius 3 is 2.15 bits per heavy atom. The van der Waals surface area contributed by atoms with Gasteiger partial charge in [-0.25, -0.2) is 0 Å². The lowest BCUT2D eigenvalue weighted by Crippen LogP contribution is -2.37. The van der Waals surface area contributed by atoms with Crippen molar-refractivity contribution >= 4 is 57.4 Å². The van der Waals surface area contributed by atoms with E-state index in [9.17, 15) is 14.4 Å². The maximum Gasteiger partial charge on any atom is 0.262 e. The van der Waals surface area contributed by atoms with Crippen molar-refractivity contribution in [2.45, 2.75) is 59.3 Å². The monoisotopic (exact) mass is 689 g/mol. The number of allylic oxidation sites excluding steroid dienone is 4. The SMILES string of the molecule is COc1cc(C2C3=C(CC(C)(C)CC3=O)OC3=C2C(=O)CC(C)(C)C3)cc(I)c1OCC(=O)Nc1ccccc1Cl. The number of para-hydroxylation sites is 1. The molecule has 2 aromatic carbocycles. The summed E-state index contributed by atoms with van der Waals surface area (Å²) in [7, 11) is 1.52. The molecule has 0 saturated carbocycles. The number of nitrogens with one attached hydrogen (secondary N) is 1. The van der Waals surface area contributed by atoms with Gasteiger partial charge in [0.1, 0.15) is 11.5 Å². The number of carbonyl (C=O) groups excluding carboxylic acids is 3. The van der Waals surface area contributed by atoms with Gasteiger partial charge in [-0.05, 0) is 63.2 Å². The summed E-state index contributed by atoms with van der Waals surface area (Å²) in [6.45, 7) is 7.99. The predicted octanol–water partition coefficient (Wildman–Crippen LogP) is 7.37. The second kappa shape index (κ2) is 11.1. The van der Waals surface area contributed by atoms with Crippen molar-refractivity contribution in [3.8, 4) is 11.5 Å². The molecule has 1 N–H and O–H groups in total. The molecule has 0 spiro atoms. The highest BCUT2D eigenvalue weighted by Crippen LogP contribution is 2.54. The molecule has 41 heavy (non-hydrogen) atoms. The number of ketones is 2. The molecule has 0 radical (unpaired) electrons. The molecular weight excluding hydrogens is 657 g/mol. The van der Waals surface area contributed by atoms with E-state index in [4.69, 9.17) is 25.8 Å². The smallest absolute Gasteiger partial charge is 0.262 e. The van der Waals surface area contributed by atoms with Gasteiger partial charge in [0.25, 0.3) is 5.91 Å². The van der Waals surface area contributed by atoms with Crippen molar-refractivity contribution in [3.05, 3.63) is 73.2 Å². The molecule has 2 aliphatic carbocycles. The van der Waals surface area contributed by atoms with Gasteiger partial charge in [-0.2, -0.15) is 0 Å². The van der Waals surface area contributed by atoms with Gasteiger partial charge in [-0.15, -0.1) is 0 Å². The van der Waals surface area contributed by atoms with E-state index in [-0.39, 0.29) is 34.9 Å². The standard InChI is InChI=1S/C32H33ClINO6/c1-31(2)12-21(36)28-24(14-31)41-25-15-32(3,4)13-22(37)29(25)27(28)17-10-19(34)30(23(11-17)39-5)40-16-26(38)35-20-9-7-6-8-18(20)33/h6-11,27H,12-16H2,1-5H3,(H,35,38). The molecule has 0 saturated heterocycles. The number of amides is 1. The van der Waals surface area contributed by atoms with E-state index < -0.39 is 5.92 Å². The Hall–Kier alpha value is -2.85. The number of Topliss-reactive ketones (excluding diaryl/α,β-unsaturated/α-hetero) is 2. The Labute approximate surface area is 258 Å². The second-order valence-corrected chi connectivity index (χ2v) is 14.0. The predicted molar refractivity (Wildman–Crippen MR) is 165 cm³/mol. The number of halogens is 2. The molecule has 9 heteroatoms. The molecule has 1 amide bonds. The van der Waals surface area contributed by atoms with Crippen LogP contribution in [0.5, 0.6) is 11.5 Å². The third-order valence-corrected chi connectivity index (χ3v) is 8.79. The molecule has 216 valence electrons. The van der Waals surface area contributed by atoms with E-state index >= 15 is 0 Å². The first kappa shape index (κ1) is 29.6. The molecule has 0 unspecified atom stereocenters. The first-order chi connectivity index (χ1) is 19.3. The Balaban J connectivity index is 1.51. The van der Waals surface area contributed by atoms with Crippen LogP contribution in [-0.2, 0) is 19.1 Å². The third-order valence-electron chi connectivity index (χ3n) is 7.66. The van der Waals surface area contributed by atoms with E-state index in [1.165, 1.54) is 7.11 Å². The van der Waals surface area contributed by atoms with E-state index in [2.05, 4.69) is 55.6 Å². The highest BCUT2D eigenvalue weighted by Gasteiger charge is 2.48. The third kappa shape index (κ3) is 6.04. The summed E-state index contributed by atoms with van der Waals surface area (Å²) in [5.41, 5.74) is 1.89. The van der Waals surface area contributed by atoms with Gasteiger partial charge in [-0.3, -0.25) is 14.4 Å². The topological polar surface area (TPSA) is 90.9 Å². The second-order valence-electron chi connectivity index (χ2n) is 12.4. The van der Waals surface area contributed by atoms with Gasteiger partial charge < -0.3 is 19.5 Å². The Morgan fingerprint density at radius 1 is 1.00 bits per heavy atom. The molecule has 1 heterocycles. The largest absolute Gasteiger partial charge is 0.493 e. The van der Waals surface area contributed by atoms with Gasteiger partial charge >= 0.3 is 0 Å². The van der Waals surface area contributed by atoms with Crippen LogP contribution in [0.2, 0.25) is 5.02 Å². The van der Waals surface area contributed by atoms with Crippen molar-refractivity contribution in [3.63, 3.8) is 0 Å². The number of methoxy groups -OCH3 is 1. The summed E-state index contributed by atoms with van der Waals surface area (Å²) in [6.07, 6.45) is 1.99. The number of hydrogen-bond donors (Lipinski definition) is 1. The number of rotatable bonds is 6. The van der Waals surface area contributed by atoms with Crippen molar-refractivity contribution in [2.75, 3.05) is 19.0 Å². The number of anilines is 1. The van der Waals surface area contributed by atoms with Crippen molar-refractivity contribution < 1.29 is 28.6 Å². The summed E-state index contributed by atoms with van der Waals surface area (Å²) in [6, 6.07) is 10.7. The summed E-state index contributed by atoms with van der Waals surface area (Å²) < 4.78 is 18.7. The molecule has 0 fully saturated rings. The minimum absolute atomic E-state index is 0.00372. The van der Waals surface area contributed by atoms with E-state index in [0.717, 1.165) is 5.56 Å². The number of ether oxygens (including phenoxy) is 3. The van der Waals surface area contributed by atoms with Crippen LogP contribution in [0.15, 0.2) is 59.1 Å². The van der Waals surface area contributed by atoms with Crippen molar-refractivity contribution in [1.29, 1.82) is 0 Å². The van der Waals surface area contributed by atoms with Crippen LogP contribution >= 0.6 is 34.2 Å². The van der Waals surface area contributed by atoms with Crippen LogP contribution in [0.4, 0.5) is 5.69 Å². The van der Waals surface area contributed by atoms with Crippen LogP contribution in [0, 0.1) is 14.4 Å². The maximum absolute atomic E-state index is 13.6. The fourth-order valence-electron chi connectivity index (χ4n) is 5.94. The molecule has 0 bridgehead atoms. The molecule has 7 nitrogen and oxygen atoms in total. The number of carbonyl (C=O) groups is 3. The first-order valence-corrected chi connectivity index (χ1v) is 15.0. The molecular formula is C32H33ClINO6. The molecule has 0 atom stereocenters. The molecule has 2 aromatic rings.